The molecule has 3 rings (SSSR count). The molecule has 1 amide bonds. The summed E-state index contributed by atoms with van der Waals surface area (Å²) in [4.78, 5) is 12.8. The standard InChI is InChI=1S/C24H24BrN3O4S/c1-17-4-9-21(10-5-17)28(33(30,31)22-11-6-18(2)7-12-22)16-24(29)27-26-15-19-14-20(25)8-13-23(19)32-3/h4-15H,16H2,1-3H3,(H,27,29)/b26-15-. The summed E-state index contributed by atoms with van der Waals surface area (Å²) in [6.07, 6.45) is 1.44. The van der Waals surface area contributed by atoms with Gasteiger partial charge in [-0.25, -0.2) is 13.8 Å². The number of ether oxygens (including phenoxy) is 1. The zero-order chi connectivity index (χ0) is 24.0. The van der Waals surface area contributed by atoms with Crippen LogP contribution in [0.25, 0.3) is 0 Å². The third kappa shape index (κ3) is 6.21. The predicted molar refractivity (Wildman–Crippen MR) is 133 cm³/mol. The van der Waals surface area contributed by atoms with Crippen LogP contribution in [0, 0.1) is 13.8 Å². The molecule has 0 fully saturated rings. The molecule has 33 heavy (non-hydrogen) atoms. The SMILES string of the molecule is COc1ccc(Br)cc1/C=N\NC(=O)CN(c1ccc(C)cc1)S(=O)(=O)c1ccc(C)cc1. The van der Waals surface area contributed by atoms with Gasteiger partial charge in [-0.3, -0.25) is 9.10 Å². The van der Waals surface area contributed by atoms with Gasteiger partial charge in [0.2, 0.25) is 0 Å². The number of hydrogen-bond donors (Lipinski definition) is 1. The van der Waals surface area contributed by atoms with Crippen LogP contribution in [0.1, 0.15) is 16.7 Å². The van der Waals surface area contributed by atoms with Crippen LogP contribution in [-0.4, -0.2) is 34.2 Å². The molecule has 1 N–H and O–H groups in total. The molecule has 0 aliphatic carbocycles. The van der Waals surface area contributed by atoms with E-state index in [1.54, 1.807) is 48.5 Å². The lowest BCUT2D eigenvalue weighted by Gasteiger charge is -2.24. The number of carbonyl (C=O) groups is 1. The van der Waals surface area contributed by atoms with Gasteiger partial charge >= 0.3 is 0 Å². The van der Waals surface area contributed by atoms with Crippen molar-refractivity contribution in [3.8, 4) is 5.75 Å². The molecule has 3 aromatic rings. The molecule has 0 aliphatic rings. The van der Waals surface area contributed by atoms with Crippen molar-refractivity contribution in [3.05, 3.63) is 87.9 Å². The second-order valence-electron chi connectivity index (χ2n) is 7.34. The molecule has 0 atom stereocenters. The maximum Gasteiger partial charge on any atom is 0.264 e. The summed E-state index contributed by atoms with van der Waals surface area (Å²) >= 11 is 3.38. The number of benzene rings is 3. The fraction of sp³-hybridized carbons (Fsp3) is 0.167. The number of nitrogens with one attached hydrogen (secondary N) is 1. The third-order valence-electron chi connectivity index (χ3n) is 4.80. The molecule has 0 unspecified atom stereocenters. The minimum Gasteiger partial charge on any atom is -0.496 e. The molecule has 0 saturated carbocycles. The minimum atomic E-state index is -3.98. The number of sulfonamides is 1. The van der Waals surface area contributed by atoms with Gasteiger partial charge in [-0.1, -0.05) is 51.3 Å². The van der Waals surface area contributed by atoms with Crippen LogP contribution in [0.15, 0.2) is 81.2 Å². The topological polar surface area (TPSA) is 88.1 Å². The number of halogens is 1. The first-order valence-electron chi connectivity index (χ1n) is 10.0. The van der Waals surface area contributed by atoms with Crippen molar-refractivity contribution in [3.63, 3.8) is 0 Å². The third-order valence-corrected chi connectivity index (χ3v) is 7.08. The van der Waals surface area contributed by atoms with Crippen LogP contribution in [0.3, 0.4) is 0 Å². The second kappa shape index (κ2) is 10.6. The van der Waals surface area contributed by atoms with Gasteiger partial charge in [-0.2, -0.15) is 5.10 Å². The van der Waals surface area contributed by atoms with E-state index >= 15 is 0 Å². The number of hydrogen-bond acceptors (Lipinski definition) is 5. The molecule has 3 aromatic carbocycles. The number of hydrazone groups is 1. The number of anilines is 1. The first kappa shape index (κ1) is 24.5. The Balaban J connectivity index is 1.84. The molecule has 0 saturated heterocycles. The summed E-state index contributed by atoms with van der Waals surface area (Å²) in [6.45, 7) is 3.34. The molecule has 9 heteroatoms. The lowest BCUT2D eigenvalue weighted by Crippen LogP contribution is -2.39. The molecule has 0 radical (unpaired) electrons. The van der Waals surface area contributed by atoms with Gasteiger partial charge in [0, 0.05) is 10.0 Å². The van der Waals surface area contributed by atoms with Crippen molar-refractivity contribution >= 4 is 43.8 Å². The average molecular weight is 530 g/mol. The number of carbonyl (C=O) groups excluding carboxylic acids is 1. The Morgan fingerprint density at radius 1 is 1.03 bits per heavy atom. The average Bonchev–Trinajstić information content (AvgIpc) is 2.78. The second-order valence-corrected chi connectivity index (χ2v) is 10.1. The Morgan fingerprint density at radius 3 is 2.24 bits per heavy atom. The predicted octanol–water partition coefficient (Wildman–Crippen LogP) is 4.42. The van der Waals surface area contributed by atoms with Gasteiger partial charge in [-0.15, -0.1) is 0 Å². The number of rotatable bonds is 8. The number of amides is 1. The van der Waals surface area contributed by atoms with E-state index in [4.69, 9.17) is 4.74 Å². The van der Waals surface area contributed by atoms with Gasteiger partial charge in [0.25, 0.3) is 15.9 Å². The molecule has 0 aromatic heterocycles. The Labute approximate surface area is 202 Å². The van der Waals surface area contributed by atoms with Crippen molar-refractivity contribution < 1.29 is 17.9 Å². The monoisotopic (exact) mass is 529 g/mol. The van der Waals surface area contributed by atoms with E-state index in [-0.39, 0.29) is 4.90 Å². The van der Waals surface area contributed by atoms with Gasteiger partial charge in [-0.05, 0) is 56.3 Å². The highest BCUT2D eigenvalue weighted by Crippen LogP contribution is 2.24. The summed E-state index contributed by atoms with van der Waals surface area (Å²) in [5.74, 6) is -0.00379. The normalized spacial score (nSPS) is 11.4. The van der Waals surface area contributed by atoms with Crippen molar-refractivity contribution in [2.75, 3.05) is 18.0 Å². The summed E-state index contributed by atoms with van der Waals surface area (Å²) in [5, 5.41) is 3.97. The van der Waals surface area contributed by atoms with Crippen LogP contribution in [-0.2, 0) is 14.8 Å². The van der Waals surface area contributed by atoms with Gasteiger partial charge in [0.1, 0.15) is 12.3 Å². The van der Waals surface area contributed by atoms with E-state index in [1.807, 2.05) is 19.9 Å². The highest BCUT2D eigenvalue weighted by Gasteiger charge is 2.27. The van der Waals surface area contributed by atoms with Crippen molar-refractivity contribution in [1.29, 1.82) is 0 Å². The van der Waals surface area contributed by atoms with E-state index in [2.05, 4.69) is 26.5 Å². The molecule has 0 heterocycles. The summed E-state index contributed by atoms with van der Waals surface area (Å²) in [6, 6.07) is 18.8. The van der Waals surface area contributed by atoms with E-state index in [0.717, 1.165) is 19.9 Å². The highest BCUT2D eigenvalue weighted by atomic mass is 79.9. The van der Waals surface area contributed by atoms with Crippen molar-refractivity contribution in [1.82, 2.24) is 5.43 Å². The van der Waals surface area contributed by atoms with Crippen LogP contribution < -0.4 is 14.5 Å². The lowest BCUT2D eigenvalue weighted by atomic mass is 10.2. The first-order valence-corrected chi connectivity index (χ1v) is 12.3. The highest BCUT2D eigenvalue weighted by molar-refractivity contribution is 9.10. The van der Waals surface area contributed by atoms with Crippen molar-refractivity contribution in [2.45, 2.75) is 18.7 Å². The quantitative estimate of drug-likeness (QED) is 0.345. The summed E-state index contributed by atoms with van der Waals surface area (Å²) < 4.78 is 33.9. The van der Waals surface area contributed by atoms with Gasteiger partial charge in [0.05, 0.1) is 23.9 Å². The fourth-order valence-electron chi connectivity index (χ4n) is 3.01. The maximum atomic E-state index is 13.4. The zero-order valence-electron chi connectivity index (χ0n) is 18.4. The van der Waals surface area contributed by atoms with E-state index in [9.17, 15) is 13.2 Å². The maximum absolute atomic E-state index is 13.4. The lowest BCUT2D eigenvalue weighted by molar-refractivity contribution is -0.119. The number of methoxy groups -OCH3 is 1. The van der Waals surface area contributed by atoms with E-state index in [0.29, 0.717) is 17.0 Å². The molecule has 0 spiro atoms. The van der Waals surface area contributed by atoms with E-state index < -0.39 is 22.5 Å². The molecular weight excluding hydrogens is 506 g/mol. The number of aryl methyl sites for hydroxylation is 2. The van der Waals surface area contributed by atoms with E-state index in [1.165, 1.54) is 25.5 Å². The van der Waals surface area contributed by atoms with Crippen molar-refractivity contribution in [2.24, 2.45) is 5.10 Å². The number of nitrogens with zero attached hydrogens (tertiary/aromatic N) is 2. The molecule has 7 nitrogen and oxygen atoms in total. The molecule has 0 aliphatic heterocycles. The minimum absolute atomic E-state index is 0.101. The zero-order valence-corrected chi connectivity index (χ0v) is 20.9. The van der Waals surface area contributed by atoms with Crippen LogP contribution in [0.4, 0.5) is 5.69 Å². The van der Waals surface area contributed by atoms with Crippen LogP contribution in [0.5, 0.6) is 5.75 Å². The Morgan fingerprint density at radius 2 is 1.64 bits per heavy atom. The smallest absolute Gasteiger partial charge is 0.264 e. The first-order chi connectivity index (χ1) is 15.7. The molecule has 0 bridgehead atoms. The largest absolute Gasteiger partial charge is 0.496 e. The van der Waals surface area contributed by atoms with Crippen LogP contribution >= 0.6 is 15.9 Å². The molecule has 172 valence electrons. The Hall–Kier alpha value is -3.17. The fourth-order valence-corrected chi connectivity index (χ4v) is 4.81. The summed E-state index contributed by atoms with van der Waals surface area (Å²) in [7, 11) is -2.44. The van der Waals surface area contributed by atoms with Gasteiger partial charge in [0.15, 0.2) is 0 Å². The summed E-state index contributed by atoms with van der Waals surface area (Å²) in [5.41, 5.74) is 5.34. The molecular formula is C24H24BrN3O4S. The Kier molecular flexibility index (Phi) is 7.88. The van der Waals surface area contributed by atoms with Gasteiger partial charge < -0.3 is 4.74 Å². The Bertz CT molecular complexity index is 1260. The van der Waals surface area contributed by atoms with Crippen LogP contribution in [0.2, 0.25) is 0 Å².